The average molecular weight is 249 g/mol. The molecule has 4 heteroatoms. The van der Waals surface area contributed by atoms with Gasteiger partial charge in [0.25, 0.3) is 0 Å². The Morgan fingerprint density at radius 2 is 2.06 bits per heavy atom. The van der Waals surface area contributed by atoms with Crippen LogP contribution < -0.4 is 5.73 Å². The molecule has 2 unspecified atom stereocenters. The molecule has 2 aromatic heterocycles. The fourth-order valence-electron chi connectivity index (χ4n) is 2.10. The van der Waals surface area contributed by atoms with Crippen molar-refractivity contribution < 1.29 is 0 Å². The lowest BCUT2D eigenvalue weighted by Crippen LogP contribution is -2.30. The normalized spacial score (nSPS) is 14.9. The second-order valence-corrected chi connectivity index (χ2v) is 5.54. The Hall–Kier alpha value is -1.13. The van der Waals surface area contributed by atoms with Gasteiger partial charge >= 0.3 is 0 Å². The van der Waals surface area contributed by atoms with Gasteiger partial charge in [-0.15, -0.1) is 11.3 Å². The lowest BCUT2D eigenvalue weighted by Gasteiger charge is -2.23. The Labute approximate surface area is 106 Å². The van der Waals surface area contributed by atoms with E-state index >= 15 is 0 Å². The van der Waals surface area contributed by atoms with E-state index in [2.05, 4.69) is 41.8 Å². The van der Waals surface area contributed by atoms with E-state index in [4.69, 9.17) is 5.73 Å². The Balaban J connectivity index is 2.51. The van der Waals surface area contributed by atoms with E-state index in [0.717, 1.165) is 5.69 Å². The number of hydrogen-bond acceptors (Lipinski definition) is 3. The van der Waals surface area contributed by atoms with E-state index in [-0.39, 0.29) is 12.1 Å². The molecule has 2 rings (SSSR count). The molecule has 2 N–H and O–H groups in total. The minimum atomic E-state index is 0.0691. The topological polar surface area (TPSA) is 43.8 Å². The lowest BCUT2D eigenvalue weighted by molar-refractivity contribution is 0.493. The van der Waals surface area contributed by atoms with Crippen molar-refractivity contribution in [3.63, 3.8) is 0 Å². The van der Waals surface area contributed by atoms with Crippen LogP contribution in [0.2, 0.25) is 0 Å². The van der Waals surface area contributed by atoms with Crippen molar-refractivity contribution in [2.75, 3.05) is 0 Å². The molecule has 0 amide bonds. The summed E-state index contributed by atoms with van der Waals surface area (Å²) in [5, 5.41) is 2.12. The minimum Gasteiger partial charge on any atom is -0.326 e. The van der Waals surface area contributed by atoms with Gasteiger partial charge in [0.2, 0.25) is 0 Å². The van der Waals surface area contributed by atoms with Crippen LogP contribution >= 0.6 is 11.3 Å². The van der Waals surface area contributed by atoms with Crippen LogP contribution in [0.1, 0.15) is 34.8 Å². The van der Waals surface area contributed by atoms with E-state index in [9.17, 15) is 0 Å². The van der Waals surface area contributed by atoms with Crippen LogP contribution in [0.25, 0.3) is 0 Å². The number of nitrogens with two attached hydrogens (primary N) is 1. The molecule has 0 saturated carbocycles. The highest BCUT2D eigenvalue weighted by molar-refractivity contribution is 7.10. The Kier molecular flexibility index (Phi) is 3.35. The third-order valence-electron chi connectivity index (χ3n) is 3.25. The third kappa shape index (κ3) is 2.15. The Morgan fingerprint density at radius 1 is 1.35 bits per heavy atom. The highest BCUT2D eigenvalue weighted by Crippen LogP contribution is 2.30. The fraction of sp³-hybridized carbons (Fsp3) is 0.462. The number of hydrogen-bond donors (Lipinski definition) is 1. The molecule has 92 valence electrons. The first-order valence-electron chi connectivity index (χ1n) is 5.82. The molecule has 0 aliphatic rings. The van der Waals surface area contributed by atoms with Crippen LogP contribution in [0, 0.1) is 20.8 Å². The van der Waals surface area contributed by atoms with Crippen LogP contribution in [-0.2, 0) is 0 Å². The zero-order valence-electron chi connectivity index (χ0n) is 10.8. The molecule has 3 nitrogen and oxygen atoms in total. The number of imidazole rings is 1. The van der Waals surface area contributed by atoms with Crippen LogP contribution in [0.5, 0.6) is 0 Å². The van der Waals surface area contributed by atoms with Crippen LogP contribution in [-0.4, -0.2) is 15.6 Å². The van der Waals surface area contributed by atoms with Gasteiger partial charge in [0, 0.05) is 16.6 Å². The molecule has 0 aliphatic heterocycles. The standard InChI is InChI=1S/C13H19N3S/c1-8-5-6-17-13(8)12(9(2)14)16-7-15-10(3)11(16)4/h5-7,9,12H,14H2,1-4H3. The zero-order valence-corrected chi connectivity index (χ0v) is 11.6. The maximum absolute atomic E-state index is 6.16. The average Bonchev–Trinajstić information content (AvgIpc) is 2.80. The second-order valence-electron chi connectivity index (χ2n) is 4.59. The molecule has 0 bridgehead atoms. The first-order chi connectivity index (χ1) is 8.02. The number of thiophene rings is 1. The van der Waals surface area contributed by atoms with Gasteiger partial charge in [0.1, 0.15) is 0 Å². The molecule has 0 fully saturated rings. The van der Waals surface area contributed by atoms with E-state index in [0.29, 0.717) is 0 Å². The summed E-state index contributed by atoms with van der Waals surface area (Å²) in [4.78, 5) is 5.70. The van der Waals surface area contributed by atoms with Gasteiger partial charge in [0.15, 0.2) is 0 Å². The molecular formula is C13H19N3S. The highest BCUT2D eigenvalue weighted by Gasteiger charge is 2.23. The predicted octanol–water partition coefficient (Wildman–Crippen LogP) is 2.81. The molecule has 17 heavy (non-hydrogen) atoms. The number of rotatable bonds is 3. The van der Waals surface area contributed by atoms with Gasteiger partial charge in [0.05, 0.1) is 18.1 Å². The van der Waals surface area contributed by atoms with Gasteiger partial charge in [-0.1, -0.05) is 0 Å². The molecule has 0 aliphatic carbocycles. The summed E-state index contributed by atoms with van der Waals surface area (Å²) in [6.07, 6.45) is 1.90. The van der Waals surface area contributed by atoms with Gasteiger partial charge in [-0.3, -0.25) is 0 Å². The predicted molar refractivity (Wildman–Crippen MR) is 72.5 cm³/mol. The third-order valence-corrected chi connectivity index (χ3v) is 4.34. The van der Waals surface area contributed by atoms with Crippen LogP contribution in [0.3, 0.4) is 0 Å². The molecule has 0 aromatic carbocycles. The van der Waals surface area contributed by atoms with Crippen molar-refractivity contribution >= 4 is 11.3 Å². The number of aromatic nitrogens is 2. The largest absolute Gasteiger partial charge is 0.326 e. The molecule has 2 heterocycles. The van der Waals surface area contributed by atoms with E-state index in [1.807, 2.05) is 13.3 Å². The minimum absolute atomic E-state index is 0.0691. The number of nitrogens with zero attached hydrogens (tertiary/aromatic N) is 2. The van der Waals surface area contributed by atoms with E-state index in [1.165, 1.54) is 16.1 Å². The maximum atomic E-state index is 6.16. The summed E-state index contributed by atoms with van der Waals surface area (Å²) in [6.45, 7) is 8.32. The first kappa shape index (κ1) is 12.3. The number of aryl methyl sites for hydroxylation is 2. The summed E-state index contributed by atoms with van der Waals surface area (Å²) in [6, 6.07) is 2.41. The van der Waals surface area contributed by atoms with Gasteiger partial charge in [-0.25, -0.2) is 4.98 Å². The van der Waals surface area contributed by atoms with Gasteiger partial charge in [-0.05, 0) is 44.7 Å². The molecule has 0 saturated heterocycles. The van der Waals surface area contributed by atoms with Crippen molar-refractivity contribution in [1.82, 2.24) is 9.55 Å². The van der Waals surface area contributed by atoms with Crippen molar-refractivity contribution in [1.29, 1.82) is 0 Å². The second kappa shape index (κ2) is 4.63. The van der Waals surface area contributed by atoms with Crippen LogP contribution in [0.15, 0.2) is 17.8 Å². The van der Waals surface area contributed by atoms with Crippen molar-refractivity contribution in [2.24, 2.45) is 5.73 Å². The summed E-state index contributed by atoms with van der Waals surface area (Å²) in [5.74, 6) is 0. The Bertz CT molecular complexity index is 510. The van der Waals surface area contributed by atoms with Crippen molar-refractivity contribution in [3.8, 4) is 0 Å². The zero-order chi connectivity index (χ0) is 12.6. The van der Waals surface area contributed by atoms with E-state index < -0.39 is 0 Å². The highest BCUT2D eigenvalue weighted by atomic mass is 32.1. The van der Waals surface area contributed by atoms with Crippen molar-refractivity contribution in [3.05, 3.63) is 39.6 Å². The first-order valence-corrected chi connectivity index (χ1v) is 6.70. The van der Waals surface area contributed by atoms with Gasteiger partial charge < -0.3 is 10.3 Å². The molecule has 2 atom stereocenters. The summed E-state index contributed by atoms with van der Waals surface area (Å²) >= 11 is 1.77. The van der Waals surface area contributed by atoms with Crippen LogP contribution in [0.4, 0.5) is 0 Å². The fourth-order valence-corrected chi connectivity index (χ4v) is 3.24. The smallest absolute Gasteiger partial charge is 0.0958 e. The summed E-state index contributed by atoms with van der Waals surface area (Å²) in [5.41, 5.74) is 9.74. The Morgan fingerprint density at radius 3 is 2.47 bits per heavy atom. The lowest BCUT2D eigenvalue weighted by atomic mass is 10.1. The quantitative estimate of drug-likeness (QED) is 0.909. The molecule has 2 aromatic rings. The van der Waals surface area contributed by atoms with Crippen molar-refractivity contribution in [2.45, 2.75) is 39.8 Å². The van der Waals surface area contributed by atoms with Gasteiger partial charge in [-0.2, -0.15) is 0 Å². The monoisotopic (exact) mass is 249 g/mol. The SMILES string of the molecule is Cc1ccsc1C(C(C)N)n1cnc(C)c1C. The maximum Gasteiger partial charge on any atom is 0.0958 e. The van der Waals surface area contributed by atoms with E-state index in [1.54, 1.807) is 11.3 Å². The summed E-state index contributed by atoms with van der Waals surface area (Å²) in [7, 11) is 0. The molecular weight excluding hydrogens is 230 g/mol. The molecule has 0 spiro atoms. The molecule has 0 radical (unpaired) electrons. The summed E-state index contributed by atoms with van der Waals surface area (Å²) < 4.78 is 2.19.